The maximum Gasteiger partial charge on any atom is 0.226 e. The van der Waals surface area contributed by atoms with Crippen LogP contribution in [0.1, 0.15) is 22.2 Å². The largest absolute Gasteiger partial charge is 0.399 e. The van der Waals surface area contributed by atoms with Crippen LogP contribution in [0.15, 0.2) is 46.3 Å². The van der Waals surface area contributed by atoms with Crippen molar-refractivity contribution in [2.24, 2.45) is 0 Å². The number of anilines is 1. The summed E-state index contributed by atoms with van der Waals surface area (Å²) >= 11 is 1.70. The second-order valence-corrected chi connectivity index (χ2v) is 5.64. The number of aromatic nitrogens is 2. The van der Waals surface area contributed by atoms with Crippen molar-refractivity contribution in [1.29, 1.82) is 0 Å². The Labute approximate surface area is 121 Å². The number of aryl methyl sites for hydroxylation is 2. The molecule has 3 aromatic rings. The first-order valence-corrected chi connectivity index (χ1v) is 7.36. The van der Waals surface area contributed by atoms with Crippen LogP contribution in [0, 0.1) is 0 Å². The summed E-state index contributed by atoms with van der Waals surface area (Å²) in [5, 5.41) is 6.07. The topological polar surface area (TPSA) is 64.9 Å². The Balaban J connectivity index is 1.60. The molecule has 0 aliphatic rings. The van der Waals surface area contributed by atoms with Gasteiger partial charge in [-0.25, -0.2) is 0 Å². The number of benzene rings is 1. The van der Waals surface area contributed by atoms with Crippen LogP contribution in [0.25, 0.3) is 0 Å². The van der Waals surface area contributed by atoms with Gasteiger partial charge in [0, 0.05) is 23.4 Å². The average Bonchev–Trinajstić information content (AvgIpc) is 3.09. The lowest BCUT2D eigenvalue weighted by Gasteiger charge is -1.99. The summed E-state index contributed by atoms with van der Waals surface area (Å²) in [4.78, 5) is 5.66. The van der Waals surface area contributed by atoms with E-state index in [0.717, 1.165) is 30.8 Å². The SMILES string of the molecule is Nc1cccc(CCc2nc(Cc3cccs3)no2)c1. The summed E-state index contributed by atoms with van der Waals surface area (Å²) < 4.78 is 5.28. The third-order valence-corrected chi connectivity index (χ3v) is 3.88. The summed E-state index contributed by atoms with van der Waals surface area (Å²) in [6.45, 7) is 0. The Morgan fingerprint density at radius 2 is 2.10 bits per heavy atom. The molecule has 0 saturated carbocycles. The van der Waals surface area contributed by atoms with Gasteiger partial charge in [-0.2, -0.15) is 4.98 Å². The number of thiophene rings is 1. The summed E-state index contributed by atoms with van der Waals surface area (Å²) in [7, 11) is 0. The van der Waals surface area contributed by atoms with Crippen molar-refractivity contribution in [3.05, 3.63) is 63.9 Å². The van der Waals surface area contributed by atoms with Gasteiger partial charge in [-0.15, -0.1) is 11.3 Å². The van der Waals surface area contributed by atoms with E-state index in [1.54, 1.807) is 11.3 Å². The zero-order chi connectivity index (χ0) is 13.8. The lowest BCUT2D eigenvalue weighted by atomic mass is 10.1. The molecule has 0 atom stereocenters. The van der Waals surface area contributed by atoms with Crippen LogP contribution in [0.5, 0.6) is 0 Å². The summed E-state index contributed by atoms with van der Waals surface area (Å²) in [6, 6.07) is 12.0. The molecule has 2 N–H and O–H groups in total. The fraction of sp³-hybridized carbons (Fsp3) is 0.200. The monoisotopic (exact) mass is 285 g/mol. The van der Waals surface area contributed by atoms with E-state index in [9.17, 15) is 0 Å². The van der Waals surface area contributed by atoms with E-state index in [1.165, 1.54) is 10.4 Å². The van der Waals surface area contributed by atoms with Gasteiger partial charge in [0.15, 0.2) is 5.82 Å². The third-order valence-electron chi connectivity index (χ3n) is 3.00. The highest BCUT2D eigenvalue weighted by Gasteiger charge is 2.08. The molecule has 3 rings (SSSR count). The molecular formula is C15H15N3OS. The zero-order valence-corrected chi connectivity index (χ0v) is 11.8. The normalized spacial score (nSPS) is 10.8. The number of nitrogens with two attached hydrogens (primary N) is 1. The maximum absolute atomic E-state index is 5.76. The van der Waals surface area contributed by atoms with Crippen molar-refractivity contribution in [1.82, 2.24) is 10.1 Å². The number of hydrogen-bond acceptors (Lipinski definition) is 5. The molecular weight excluding hydrogens is 270 g/mol. The molecule has 4 nitrogen and oxygen atoms in total. The van der Waals surface area contributed by atoms with Gasteiger partial charge in [0.05, 0.1) is 0 Å². The van der Waals surface area contributed by atoms with E-state index in [4.69, 9.17) is 10.3 Å². The van der Waals surface area contributed by atoms with Crippen molar-refractivity contribution in [2.45, 2.75) is 19.3 Å². The molecule has 0 spiro atoms. The minimum atomic E-state index is 0.680. The van der Waals surface area contributed by atoms with Crippen molar-refractivity contribution in [3.8, 4) is 0 Å². The van der Waals surface area contributed by atoms with E-state index in [2.05, 4.69) is 27.7 Å². The molecule has 0 aliphatic heterocycles. The quantitative estimate of drug-likeness (QED) is 0.732. The Morgan fingerprint density at radius 1 is 1.15 bits per heavy atom. The number of nitrogens with zero attached hydrogens (tertiary/aromatic N) is 2. The predicted octanol–water partition coefficient (Wildman–Crippen LogP) is 3.09. The van der Waals surface area contributed by atoms with Gasteiger partial charge in [0.2, 0.25) is 5.89 Å². The average molecular weight is 285 g/mol. The summed E-state index contributed by atoms with van der Waals surface area (Å²) in [6.07, 6.45) is 2.33. The first-order valence-electron chi connectivity index (χ1n) is 6.48. The van der Waals surface area contributed by atoms with Crippen molar-refractivity contribution in [3.63, 3.8) is 0 Å². The lowest BCUT2D eigenvalue weighted by Crippen LogP contribution is -1.94. The Kier molecular flexibility index (Phi) is 3.78. The van der Waals surface area contributed by atoms with Crippen LogP contribution in [-0.2, 0) is 19.3 Å². The molecule has 2 aromatic heterocycles. The van der Waals surface area contributed by atoms with E-state index in [0.29, 0.717) is 5.89 Å². The Morgan fingerprint density at radius 3 is 2.90 bits per heavy atom. The smallest absolute Gasteiger partial charge is 0.226 e. The molecule has 2 heterocycles. The lowest BCUT2D eigenvalue weighted by molar-refractivity contribution is 0.374. The summed E-state index contributed by atoms with van der Waals surface area (Å²) in [5.74, 6) is 1.43. The van der Waals surface area contributed by atoms with Gasteiger partial charge in [-0.1, -0.05) is 23.4 Å². The molecule has 0 bridgehead atoms. The second-order valence-electron chi connectivity index (χ2n) is 4.61. The first-order chi connectivity index (χ1) is 9.79. The number of hydrogen-bond donors (Lipinski definition) is 1. The van der Waals surface area contributed by atoms with E-state index >= 15 is 0 Å². The fourth-order valence-corrected chi connectivity index (χ4v) is 2.73. The minimum absolute atomic E-state index is 0.680. The molecule has 0 fully saturated rings. The maximum atomic E-state index is 5.76. The van der Waals surface area contributed by atoms with Crippen LogP contribution < -0.4 is 5.73 Å². The number of rotatable bonds is 5. The molecule has 0 amide bonds. The Bertz CT molecular complexity index is 676. The van der Waals surface area contributed by atoms with Gasteiger partial charge in [-0.05, 0) is 35.6 Å². The fourth-order valence-electron chi connectivity index (χ4n) is 2.03. The van der Waals surface area contributed by atoms with Gasteiger partial charge in [-0.3, -0.25) is 0 Å². The highest BCUT2D eigenvalue weighted by atomic mass is 32.1. The molecule has 102 valence electrons. The van der Waals surface area contributed by atoms with Gasteiger partial charge in [0.25, 0.3) is 0 Å². The van der Waals surface area contributed by atoms with Gasteiger partial charge >= 0.3 is 0 Å². The predicted molar refractivity (Wildman–Crippen MR) is 79.7 cm³/mol. The highest BCUT2D eigenvalue weighted by molar-refractivity contribution is 7.09. The number of nitrogen functional groups attached to an aromatic ring is 1. The van der Waals surface area contributed by atoms with Gasteiger partial charge < -0.3 is 10.3 Å². The second kappa shape index (κ2) is 5.88. The first kappa shape index (κ1) is 12.9. The van der Waals surface area contributed by atoms with Crippen molar-refractivity contribution in [2.75, 3.05) is 5.73 Å². The van der Waals surface area contributed by atoms with Crippen LogP contribution in [0.4, 0.5) is 5.69 Å². The minimum Gasteiger partial charge on any atom is -0.399 e. The van der Waals surface area contributed by atoms with Crippen LogP contribution in [-0.4, -0.2) is 10.1 Å². The molecule has 0 radical (unpaired) electrons. The standard InChI is InChI=1S/C15H15N3OS/c16-12-4-1-3-11(9-12)6-7-15-17-14(18-19-15)10-13-5-2-8-20-13/h1-5,8-9H,6-7,10,16H2. The molecule has 1 aromatic carbocycles. The molecule has 0 aliphatic carbocycles. The molecule has 20 heavy (non-hydrogen) atoms. The van der Waals surface area contributed by atoms with Gasteiger partial charge in [0.1, 0.15) is 0 Å². The highest BCUT2D eigenvalue weighted by Crippen LogP contribution is 2.14. The summed E-state index contributed by atoms with van der Waals surface area (Å²) in [5.41, 5.74) is 7.72. The van der Waals surface area contributed by atoms with Crippen LogP contribution >= 0.6 is 11.3 Å². The molecule has 5 heteroatoms. The Hall–Kier alpha value is -2.14. The molecule has 0 saturated heterocycles. The van der Waals surface area contributed by atoms with Crippen LogP contribution in [0.2, 0.25) is 0 Å². The molecule has 0 unspecified atom stereocenters. The van der Waals surface area contributed by atoms with E-state index in [1.807, 2.05) is 24.3 Å². The van der Waals surface area contributed by atoms with E-state index in [-0.39, 0.29) is 0 Å². The van der Waals surface area contributed by atoms with Crippen molar-refractivity contribution >= 4 is 17.0 Å². The zero-order valence-electron chi connectivity index (χ0n) is 11.0. The van der Waals surface area contributed by atoms with E-state index < -0.39 is 0 Å². The van der Waals surface area contributed by atoms with Crippen LogP contribution in [0.3, 0.4) is 0 Å². The third kappa shape index (κ3) is 3.24. The van der Waals surface area contributed by atoms with Crippen molar-refractivity contribution < 1.29 is 4.52 Å².